The molecule has 172 valence electrons. The lowest BCUT2D eigenvalue weighted by Gasteiger charge is -2.15. The summed E-state index contributed by atoms with van der Waals surface area (Å²) in [4.78, 5) is 50.2. The number of nitrogens with one attached hydrogen (secondary N) is 3. The fourth-order valence-corrected chi connectivity index (χ4v) is 3.29. The molecule has 0 saturated heterocycles. The SMILES string of the molecule is CC(NC(=O)c1ccco1)C(=O)NNC(=O)c1nn(Cc2ccccc2)c(=O)c2ccccc12. The summed E-state index contributed by atoms with van der Waals surface area (Å²) in [6.45, 7) is 1.63. The molecule has 1 atom stereocenters. The molecule has 3 amide bonds. The first kappa shape index (κ1) is 22.5. The average molecular weight is 459 g/mol. The van der Waals surface area contributed by atoms with Gasteiger partial charge >= 0.3 is 0 Å². The Labute approximate surface area is 193 Å². The quantitative estimate of drug-likeness (QED) is 0.375. The van der Waals surface area contributed by atoms with E-state index in [2.05, 4.69) is 21.3 Å². The zero-order valence-electron chi connectivity index (χ0n) is 18.1. The van der Waals surface area contributed by atoms with Gasteiger partial charge in [-0.05, 0) is 30.7 Å². The monoisotopic (exact) mass is 459 g/mol. The predicted molar refractivity (Wildman–Crippen MR) is 123 cm³/mol. The maximum atomic E-state index is 12.9. The number of rotatable bonds is 6. The molecule has 1 unspecified atom stereocenters. The third-order valence-electron chi connectivity index (χ3n) is 5.04. The van der Waals surface area contributed by atoms with Gasteiger partial charge in [-0.3, -0.25) is 30.0 Å². The van der Waals surface area contributed by atoms with Crippen molar-refractivity contribution in [1.29, 1.82) is 0 Å². The van der Waals surface area contributed by atoms with Gasteiger partial charge in [0.1, 0.15) is 6.04 Å². The van der Waals surface area contributed by atoms with E-state index in [-0.39, 0.29) is 23.6 Å². The Bertz CT molecular complexity index is 1400. The number of hydrazine groups is 1. The summed E-state index contributed by atoms with van der Waals surface area (Å²) in [5.41, 5.74) is 5.04. The van der Waals surface area contributed by atoms with Crippen molar-refractivity contribution in [1.82, 2.24) is 25.9 Å². The van der Waals surface area contributed by atoms with Crippen LogP contribution >= 0.6 is 0 Å². The van der Waals surface area contributed by atoms with Crippen LogP contribution in [0.1, 0.15) is 33.5 Å². The topological polar surface area (TPSA) is 135 Å². The Hall–Kier alpha value is -4.73. The molecule has 10 nitrogen and oxygen atoms in total. The van der Waals surface area contributed by atoms with E-state index in [1.807, 2.05) is 30.3 Å². The average Bonchev–Trinajstić information content (AvgIpc) is 3.40. The highest BCUT2D eigenvalue weighted by Crippen LogP contribution is 2.14. The molecule has 0 saturated carbocycles. The van der Waals surface area contributed by atoms with E-state index >= 15 is 0 Å². The van der Waals surface area contributed by atoms with Crippen molar-refractivity contribution in [3.63, 3.8) is 0 Å². The Kier molecular flexibility index (Phi) is 6.49. The molecule has 2 aromatic heterocycles. The van der Waals surface area contributed by atoms with Gasteiger partial charge in [0.25, 0.3) is 23.3 Å². The number of nitrogens with zero attached hydrogens (tertiary/aromatic N) is 2. The maximum absolute atomic E-state index is 12.9. The largest absolute Gasteiger partial charge is 0.459 e. The van der Waals surface area contributed by atoms with Gasteiger partial charge in [-0.1, -0.05) is 48.5 Å². The van der Waals surface area contributed by atoms with Crippen molar-refractivity contribution < 1.29 is 18.8 Å². The molecule has 0 spiro atoms. The molecule has 0 aliphatic carbocycles. The molecule has 0 bridgehead atoms. The number of aromatic nitrogens is 2. The summed E-state index contributed by atoms with van der Waals surface area (Å²) in [6, 6.07) is 17.9. The Balaban J connectivity index is 1.51. The van der Waals surface area contributed by atoms with Crippen molar-refractivity contribution in [3.05, 3.63) is 100 Å². The van der Waals surface area contributed by atoms with Crippen LogP contribution in [-0.4, -0.2) is 33.5 Å². The third-order valence-corrected chi connectivity index (χ3v) is 5.04. The number of carbonyl (C=O) groups is 3. The Morgan fingerprint density at radius 1 is 0.912 bits per heavy atom. The second kappa shape index (κ2) is 9.82. The highest BCUT2D eigenvalue weighted by Gasteiger charge is 2.21. The van der Waals surface area contributed by atoms with E-state index < -0.39 is 23.8 Å². The van der Waals surface area contributed by atoms with Crippen LogP contribution in [0.4, 0.5) is 0 Å². The zero-order valence-corrected chi connectivity index (χ0v) is 18.1. The normalized spacial score (nSPS) is 11.6. The molecule has 0 aliphatic rings. The van der Waals surface area contributed by atoms with Crippen LogP contribution in [0.25, 0.3) is 10.8 Å². The summed E-state index contributed by atoms with van der Waals surface area (Å²) >= 11 is 0. The van der Waals surface area contributed by atoms with Crippen molar-refractivity contribution in [2.24, 2.45) is 0 Å². The number of furan rings is 1. The van der Waals surface area contributed by atoms with Crippen LogP contribution in [0, 0.1) is 0 Å². The van der Waals surface area contributed by atoms with Crippen LogP contribution in [-0.2, 0) is 11.3 Å². The van der Waals surface area contributed by atoms with Gasteiger partial charge in [-0.2, -0.15) is 5.10 Å². The Morgan fingerprint density at radius 2 is 1.62 bits per heavy atom. The van der Waals surface area contributed by atoms with E-state index in [4.69, 9.17) is 4.42 Å². The van der Waals surface area contributed by atoms with E-state index in [0.717, 1.165) is 5.56 Å². The van der Waals surface area contributed by atoms with Gasteiger partial charge in [0.2, 0.25) is 0 Å². The molecule has 3 N–H and O–H groups in total. The lowest BCUT2D eigenvalue weighted by molar-refractivity contribution is -0.123. The van der Waals surface area contributed by atoms with Crippen LogP contribution in [0.3, 0.4) is 0 Å². The van der Waals surface area contributed by atoms with Gasteiger partial charge < -0.3 is 9.73 Å². The zero-order chi connectivity index (χ0) is 24.1. The highest BCUT2D eigenvalue weighted by atomic mass is 16.3. The van der Waals surface area contributed by atoms with Crippen LogP contribution in [0.2, 0.25) is 0 Å². The standard InChI is InChI=1S/C24H21N5O5/c1-15(25-22(31)19-12-7-13-34-19)21(30)26-27-23(32)20-17-10-5-6-11-18(17)24(33)29(28-20)14-16-8-3-2-4-9-16/h2-13,15H,14H2,1H3,(H,25,31)(H,26,30)(H,27,32). The second-order valence-corrected chi connectivity index (χ2v) is 7.46. The van der Waals surface area contributed by atoms with Crippen molar-refractivity contribution in [2.45, 2.75) is 19.5 Å². The summed E-state index contributed by atoms with van der Waals surface area (Å²) in [5.74, 6) is -1.88. The first-order chi connectivity index (χ1) is 16.4. The fraction of sp³-hybridized carbons (Fsp3) is 0.125. The number of hydrogen-bond donors (Lipinski definition) is 3. The molecular weight excluding hydrogens is 438 g/mol. The van der Waals surface area contributed by atoms with Gasteiger partial charge in [0, 0.05) is 5.39 Å². The summed E-state index contributed by atoms with van der Waals surface area (Å²) in [5, 5.41) is 7.39. The molecule has 4 aromatic rings. The number of fused-ring (bicyclic) bond motifs is 1. The smallest absolute Gasteiger partial charge is 0.290 e. The molecular formula is C24H21N5O5. The van der Waals surface area contributed by atoms with Crippen LogP contribution < -0.4 is 21.7 Å². The van der Waals surface area contributed by atoms with E-state index in [0.29, 0.717) is 10.8 Å². The molecule has 2 heterocycles. The van der Waals surface area contributed by atoms with E-state index in [1.54, 1.807) is 30.3 Å². The molecule has 10 heteroatoms. The minimum Gasteiger partial charge on any atom is -0.459 e. The molecule has 34 heavy (non-hydrogen) atoms. The van der Waals surface area contributed by atoms with Crippen LogP contribution in [0.15, 0.2) is 82.2 Å². The second-order valence-electron chi connectivity index (χ2n) is 7.46. The predicted octanol–water partition coefficient (Wildman–Crippen LogP) is 1.62. The fourth-order valence-electron chi connectivity index (χ4n) is 3.29. The van der Waals surface area contributed by atoms with Crippen molar-refractivity contribution in [2.75, 3.05) is 0 Å². The summed E-state index contributed by atoms with van der Waals surface area (Å²) in [6.07, 6.45) is 1.34. The minimum absolute atomic E-state index is 0.0290. The van der Waals surface area contributed by atoms with E-state index in [1.165, 1.54) is 23.9 Å². The lowest BCUT2D eigenvalue weighted by Crippen LogP contribution is -2.51. The van der Waals surface area contributed by atoms with E-state index in [9.17, 15) is 19.2 Å². The molecule has 0 radical (unpaired) electrons. The molecule has 4 rings (SSSR count). The van der Waals surface area contributed by atoms with Gasteiger partial charge in [0.15, 0.2) is 11.5 Å². The van der Waals surface area contributed by atoms with Gasteiger partial charge in [-0.25, -0.2) is 4.68 Å². The number of amides is 3. The molecule has 2 aromatic carbocycles. The molecule has 0 aliphatic heterocycles. The lowest BCUT2D eigenvalue weighted by atomic mass is 10.1. The Morgan fingerprint density at radius 3 is 2.32 bits per heavy atom. The highest BCUT2D eigenvalue weighted by molar-refractivity contribution is 6.05. The number of carbonyl (C=O) groups excluding carboxylic acids is 3. The first-order valence-electron chi connectivity index (χ1n) is 10.4. The van der Waals surface area contributed by atoms with Crippen LogP contribution in [0.5, 0.6) is 0 Å². The minimum atomic E-state index is -0.963. The molecule has 0 fully saturated rings. The summed E-state index contributed by atoms with van der Waals surface area (Å²) in [7, 11) is 0. The maximum Gasteiger partial charge on any atom is 0.290 e. The summed E-state index contributed by atoms with van der Waals surface area (Å²) < 4.78 is 6.20. The van der Waals surface area contributed by atoms with Gasteiger partial charge in [0.05, 0.1) is 18.2 Å². The van der Waals surface area contributed by atoms with Crippen molar-refractivity contribution >= 4 is 28.5 Å². The first-order valence-corrected chi connectivity index (χ1v) is 10.4. The number of benzene rings is 2. The third kappa shape index (κ3) is 4.85. The van der Waals surface area contributed by atoms with Gasteiger partial charge in [-0.15, -0.1) is 0 Å². The number of hydrogen-bond acceptors (Lipinski definition) is 6. The van der Waals surface area contributed by atoms with Crippen molar-refractivity contribution in [3.8, 4) is 0 Å².